The van der Waals surface area contributed by atoms with Gasteiger partial charge in [0.05, 0.1) is 5.52 Å². The lowest BCUT2D eigenvalue weighted by atomic mass is 10.1. The zero-order valence-corrected chi connectivity index (χ0v) is 16.1. The molecule has 0 fully saturated rings. The van der Waals surface area contributed by atoms with Crippen molar-refractivity contribution in [1.82, 2.24) is 15.6 Å². The van der Waals surface area contributed by atoms with Crippen molar-refractivity contribution in [2.45, 2.75) is 27.0 Å². The van der Waals surface area contributed by atoms with Crippen molar-refractivity contribution >= 4 is 16.8 Å². The molecule has 28 heavy (non-hydrogen) atoms. The third kappa shape index (κ3) is 5.50. The number of benzene rings is 2. The Balaban J connectivity index is 1.77. The maximum absolute atomic E-state index is 13.4. The number of hydrogen-bond acceptors (Lipinski definition) is 4. The van der Waals surface area contributed by atoms with Gasteiger partial charge in [0.15, 0.2) is 0 Å². The minimum atomic E-state index is -0.289. The summed E-state index contributed by atoms with van der Waals surface area (Å²) >= 11 is 0. The second-order valence-electron chi connectivity index (χ2n) is 6.73. The van der Waals surface area contributed by atoms with Gasteiger partial charge in [0, 0.05) is 37.5 Å². The maximum atomic E-state index is 13.4. The molecule has 2 N–H and O–H groups in total. The van der Waals surface area contributed by atoms with Crippen molar-refractivity contribution in [3.63, 3.8) is 0 Å². The summed E-state index contributed by atoms with van der Waals surface area (Å²) in [5.41, 5.74) is 3.67. The number of aryl methyl sites for hydroxylation is 1. The van der Waals surface area contributed by atoms with Crippen molar-refractivity contribution in [3.05, 3.63) is 71.0 Å². The molecule has 1 aromatic heterocycles. The number of pyridine rings is 1. The highest BCUT2D eigenvalue weighted by atomic mass is 19.1. The number of carbonyl (C=O) groups excluding carboxylic acids is 1. The van der Waals surface area contributed by atoms with Crippen molar-refractivity contribution in [1.29, 1.82) is 0 Å². The molecule has 0 aliphatic heterocycles. The molecule has 3 rings (SSSR count). The molecular formula is C22H24FN3O2. The third-order valence-corrected chi connectivity index (χ3v) is 4.27. The predicted molar refractivity (Wildman–Crippen MR) is 108 cm³/mol. The van der Waals surface area contributed by atoms with Crippen molar-refractivity contribution < 1.29 is 13.9 Å². The van der Waals surface area contributed by atoms with E-state index in [-0.39, 0.29) is 18.3 Å². The molecule has 146 valence electrons. The van der Waals surface area contributed by atoms with Gasteiger partial charge in [-0.1, -0.05) is 23.8 Å². The van der Waals surface area contributed by atoms with Gasteiger partial charge in [0.25, 0.3) is 0 Å². The van der Waals surface area contributed by atoms with Crippen LogP contribution in [0.2, 0.25) is 0 Å². The number of ether oxygens (including phenoxy) is 1. The molecule has 6 heteroatoms. The number of halogens is 1. The van der Waals surface area contributed by atoms with E-state index >= 15 is 0 Å². The third-order valence-electron chi connectivity index (χ3n) is 4.27. The maximum Gasteiger partial charge on any atom is 0.218 e. The van der Waals surface area contributed by atoms with Crippen molar-refractivity contribution in [2.75, 3.05) is 13.1 Å². The van der Waals surface area contributed by atoms with Gasteiger partial charge in [-0.05, 0) is 42.8 Å². The number of fused-ring (bicyclic) bond motifs is 1. The van der Waals surface area contributed by atoms with Gasteiger partial charge >= 0.3 is 0 Å². The molecule has 0 aliphatic rings. The second-order valence-corrected chi connectivity index (χ2v) is 6.73. The predicted octanol–water partition coefficient (Wildman–Crippen LogP) is 3.49. The molecule has 3 aromatic rings. The largest absolute Gasteiger partial charge is 0.473 e. The number of nitrogens with zero attached hydrogens (tertiary/aromatic N) is 1. The molecule has 1 amide bonds. The molecule has 0 radical (unpaired) electrons. The van der Waals surface area contributed by atoms with Crippen LogP contribution in [0.5, 0.6) is 5.88 Å². The van der Waals surface area contributed by atoms with E-state index in [1.54, 1.807) is 6.07 Å². The highest BCUT2D eigenvalue weighted by Gasteiger charge is 2.10. The normalized spacial score (nSPS) is 10.8. The van der Waals surface area contributed by atoms with E-state index in [4.69, 9.17) is 4.74 Å². The van der Waals surface area contributed by atoms with Crippen molar-refractivity contribution in [2.24, 2.45) is 0 Å². The Kier molecular flexibility index (Phi) is 6.55. The monoisotopic (exact) mass is 381 g/mol. The molecule has 0 saturated heterocycles. The summed E-state index contributed by atoms with van der Waals surface area (Å²) in [4.78, 5) is 15.6. The molecule has 0 bridgehead atoms. The average Bonchev–Trinajstić information content (AvgIpc) is 2.65. The number of hydrogen-bond donors (Lipinski definition) is 2. The van der Waals surface area contributed by atoms with Crippen LogP contribution in [0.4, 0.5) is 4.39 Å². The SMILES string of the molecule is CC(=O)NCCNCc1cc2cc(C)ccc2nc1OCc1cccc(F)c1. The summed E-state index contributed by atoms with van der Waals surface area (Å²) in [6, 6.07) is 14.5. The van der Waals surface area contributed by atoms with Crippen molar-refractivity contribution in [3.8, 4) is 5.88 Å². The lowest BCUT2D eigenvalue weighted by Gasteiger charge is -2.13. The number of carbonyl (C=O) groups is 1. The van der Waals surface area contributed by atoms with E-state index < -0.39 is 0 Å². The van der Waals surface area contributed by atoms with Gasteiger partial charge < -0.3 is 15.4 Å². The molecule has 0 spiro atoms. The zero-order valence-electron chi connectivity index (χ0n) is 16.1. The molecular weight excluding hydrogens is 357 g/mol. The number of nitrogens with one attached hydrogen (secondary N) is 2. The van der Waals surface area contributed by atoms with Crippen LogP contribution in [-0.4, -0.2) is 24.0 Å². The Bertz CT molecular complexity index is 975. The molecule has 2 aromatic carbocycles. The Hall–Kier alpha value is -2.99. The average molecular weight is 381 g/mol. The summed E-state index contributed by atoms with van der Waals surface area (Å²) in [5.74, 6) is 0.180. The lowest BCUT2D eigenvalue weighted by molar-refractivity contribution is -0.118. The number of aromatic nitrogens is 1. The Morgan fingerprint density at radius 2 is 2.00 bits per heavy atom. The smallest absolute Gasteiger partial charge is 0.218 e. The summed E-state index contributed by atoms with van der Waals surface area (Å²) in [7, 11) is 0. The first-order valence-corrected chi connectivity index (χ1v) is 9.24. The summed E-state index contributed by atoms with van der Waals surface area (Å²) < 4.78 is 19.3. The van der Waals surface area contributed by atoms with Crippen LogP contribution in [0.3, 0.4) is 0 Å². The molecule has 0 atom stereocenters. The summed E-state index contributed by atoms with van der Waals surface area (Å²) in [5, 5.41) is 7.08. The van der Waals surface area contributed by atoms with Gasteiger partial charge in [0.2, 0.25) is 11.8 Å². The molecule has 0 unspecified atom stereocenters. The second kappa shape index (κ2) is 9.28. The minimum Gasteiger partial charge on any atom is -0.473 e. The van der Waals surface area contributed by atoms with Crippen LogP contribution >= 0.6 is 0 Å². The van der Waals surface area contributed by atoms with E-state index in [2.05, 4.69) is 27.8 Å². The Morgan fingerprint density at radius 1 is 1.14 bits per heavy atom. The Morgan fingerprint density at radius 3 is 2.79 bits per heavy atom. The van der Waals surface area contributed by atoms with Crippen LogP contribution in [0.1, 0.15) is 23.6 Å². The quantitative estimate of drug-likeness (QED) is 0.587. The lowest BCUT2D eigenvalue weighted by Crippen LogP contribution is -2.30. The van der Waals surface area contributed by atoms with E-state index in [0.29, 0.717) is 25.5 Å². The highest BCUT2D eigenvalue weighted by Crippen LogP contribution is 2.24. The van der Waals surface area contributed by atoms with Gasteiger partial charge in [-0.3, -0.25) is 4.79 Å². The van der Waals surface area contributed by atoms with Crippen LogP contribution in [0, 0.1) is 12.7 Å². The zero-order chi connectivity index (χ0) is 19.9. The molecule has 1 heterocycles. The fraction of sp³-hybridized carbons (Fsp3) is 0.273. The highest BCUT2D eigenvalue weighted by molar-refractivity contribution is 5.80. The molecule has 5 nitrogen and oxygen atoms in total. The van der Waals surface area contributed by atoms with E-state index in [0.717, 1.165) is 27.6 Å². The van der Waals surface area contributed by atoms with Gasteiger partial charge in [-0.25, -0.2) is 9.37 Å². The minimum absolute atomic E-state index is 0.0521. The van der Waals surface area contributed by atoms with Crippen LogP contribution in [0.15, 0.2) is 48.5 Å². The van der Waals surface area contributed by atoms with Gasteiger partial charge in [-0.15, -0.1) is 0 Å². The summed E-state index contributed by atoms with van der Waals surface area (Å²) in [6.45, 7) is 5.51. The van der Waals surface area contributed by atoms with E-state index in [1.165, 1.54) is 19.1 Å². The molecule has 0 aliphatic carbocycles. The van der Waals surface area contributed by atoms with E-state index in [1.807, 2.05) is 25.1 Å². The summed E-state index contributed by atoms with van der Waals surface area (Å²) in [6.07, 6.45) is 0. The fourth-order valence-electron chi connectivity index (χ4n) is 2.90. The number of amides is 1. The number of rotatable bonds is 8. The van der Waals surface area contributed by atoms with E-state index in [9.17, 15) is 9.18 Å². The van der Waals surface area contributed by atoms with Crippen LogP contribution < -0.4 is 15.4 Å². The first-order valence-electron chi connectivity index (χ1n) is 9.24. The standard InChI is InChI=1S/C22H24FN3O2/c1-15-6-7-21-18(10-15)12-19(13-24-8-9-25-16(2)27)22(26-21)28-14-17-4-3-5-20(23)11-17/h3-7,10-12,24H,8-9,13-14H2,1-2H3,(H,25,27). The fourth-order valence-corrected chi connectivity index (χ4v) is 2.90. The van der Waals surface area contributed by atoms with Crippen LogP contribution in [-0.2, 0) is 17.9 Å². The van der Waals surface area contributed by atoms with Gasteiger partial charge in [-0.2, -0.15) is 0 Å². The molecule has 0 saturated carbocycles. The first kappa shape index (κ1) is 19.8. The topological polar surface area (TPSA) is 63.2 Å². The van der Waals surface area contributed by atoms with Gasteiger partial charge in [0.1, 0.15) is 12.4 Å². The van der Waals surface area contributed by atoms with Crippen LogP contribution in [0.25, 0.3) is 10.9 Å². The Labute approximate surface area is 163 Å². The first-order chi connectivity index (χ1) is 13.5.